The van der Waals surface area contributed by atoms with Crippen LogP contribution in [0.4, 0.5) is 8.78 Å². The number of hydrogen-bond acceptors (Lipinski definition) is 17. The number of tetrazole rings is 2. The minimum absolute atomic E-state index is 0.0479. The SMILES string of the molecule is COC(=O)[C@H](O)CN(Cc1ccc(Br)cc1)NC(=O)c1nn[nH]n1.O=C(NN(Cc1ccc(-c2cc(Cl)ccc2F)cc1)C[C@@H](O)C(=O)O)c1nn[nH]n1.OB(O)c1cc(Cl)ccc1F. The summed E-state index contributed by atoms with van der Waals surface area (Å²) in [7, 11) is -0.642. The fraction of sp³-hybridized carbons (Fsp3) is 0.189. The number of nitrogens with one attached hydrogen (secondary N) is 4. The summed E-state index contributed by atoms with van der Waals surface area (Å²) < 4.78 is 32.1. The van der Waals surface area contributed by atoms with E-state index in [1.54, 1.807) is 24.3 Å². The number of H-pyrrole nitrogens is 2. The normalized spacial score (nSPS) is 11.6. The predicted molar refractivity (Wildman–Crippen MR) is 228 cm³/mol. The first-order chi connectivity index (χ1) is 30.9. The number of aromatic amines is 2. The molecule has 0 aliphatic carbocycles. The number of carbonyl (C=O) groups excluding carboxylic acids is 3. The van der Waals surface area contributed by atoms with Gasteiger partial charge in [-0.3, -0.25) is 20.4 Å². The Morgan fingerprint density at radius 2 is 1.23 bits per heavy atom. The zero-order chi connectivity index (χ0) is 47.6. The van der Waals surface area contributed by atoms with E-state index in [4.69, 9.17) is 38.4 Å². The first kappa shape index (κ1) is 51.3. The molecule has 4 aromatic carbocycles. The highest BCUT2D eigenvalue weighted by Crippen LogP contribution is 2.26. The second-order valence-corrected chi connectivity index (χ2v) is 14.8. The summed E-state index contributed by atoms with van der Waals surface area (Å²) >= 11 is 14.7. The number of benzene rings is 4. The van der Waals surface area contributed by atoms with Crippen LogP contribution < -0.4 is 16.3 Å². The molecule has 22 nitrogen and oxygen atoms in total. The molecule has 2 atom stereocenters. The lowest BCUT2D eigenvalue weighted by molar-refractivity contribution is -0.152. The molecule has 0 aliphatic rings. The number of aliphatic hydroxyl groups excluding tert-OH is 2. The molecule has 2 aromatic heterocycles. The van der Waals surface area contributed by atoms with E-state index >= 15 is 0 Å². The standard InChI is InChI=1S/C18H16ClFN6O4.C13H15BrN6O4.C6H5BClFO2/c19-12-5-6-14(20)13(7-12)11-3-1-10(2-4-11)8-26(9-15(27)18(29)30)23-17(28)16-21-24-25-22-16;1-24-13(23)10(21)7-20(6-8-2-4-9(14)5-3-8)17-12(22)11-15-18-19-16-11;8-4-1-2-6(9)5(3-4)7(10)11/h1-7,15,27H,8-9H2,(H,23,28)(H,29,30)(H,21,22,24,25);2-5,10,21H,6-7H2,1H3,(H,17,22)(H,15,16,18,19);1-3,10-11H/t15-;10-;/m11./s1. The molecule has 342 valence electrons. The van der Waals surface area contributed by atoms with Gasteiger partial charge < -0.3 is 30.1 Å². The molecule has 9 N–H and O–H groups in total. The van der Waals surface area contributed by atoms with Gasteiger partial charge in [-0.15, -0.1) is 20.4 Å². The highest BCUT2D eigenvalue weighted by Gasteiger charge is 2.24. The fourth-order valence-corrected chi connectivity index (χ4v) is 5.78. The lowest BCUT2D eigenvalue weighted by Gasteiger charge is -2.24. The molecule has 2 amide bonds. The van der Waals surface area contributed by atoms with Crippen LogP contribution in [0.1, 0.15) is 32.4 Å². The van der Waals surface area contributed by atoms with E-state index in [0.29, 0.717) is 21.7 Å². The van der Waals surface area contributed by atoms with Gasteiger partial charge in [0.2, 0.25) is 0 Å². The molecule has 28 heteroatoms. The number of aliphatic carboxylic acids is 1. The maximum absolute atomic E-state index is 14.0. The van der Waals surface area contributed by atoms with Crippen molar-refractivity contribution in [3.8, 4) is 11.1 Å². The first-order valence-corrected chi connectivity index (χ1v) is 19.8. The van der Waals surface area contributed by atoms with Crippen LogP contribution in [0.5, 0.6) is 0 Å². The first-order valence-electron chi connectivity index (χ1n) is 18.3. The number of rotatable bonds is 16. The number of nitrogens with zero attached hydrogens (tertiary/aromatic N) is 8. The van der Waals surface area contributed by atoms with Crippen molar-refractivity contribution in [1.82, 2.24) is 62.1 Å². The summed E-state index contributed by atoms with van der Waals surface area (Å²) in [5.74, 6) is -5.13. The number of halogens is 5. The highest BCUT2D eigenvalue weighted by molar-refractivity contribution is 9.10. The van der Waals surface area contributed by atoms with Crippen LogP contribution in [0.3, 0.4) is 0 Å². The Bertz CT molecular complexity index is 2490. The largest absolute Gasteiger partial charge is 0.491 e. The molecule has 0 aliphatic heterocycles. The zero-order valence-electron chi connectivity index (χ0n) is 33.4. The van der Waals surface area contributed by atoms with Gasteiger partial charge in [0.1, 0.15) is 11.6 Å². The van der Waals surface area contributed by atoms with Gasteiger partial charge in [-0.2, -0.15) is 10.4 Å². The van der Waals surface area contributed by atoms with Crippen LogP contribution >= 0.6 is 39.1 Å². The summed E-state index contributed by atoms with van der Waals surface area (Å²) in [4.78, 5) is 46.6. The van der Waals surface area contributed by atoms with Crippen LogP contribution in [-0.4, -0.2) is 140 Å². The van der Waals surface area contributed by atoms with Crippen molar-refractivity contribution < 1.29 is 58.1 Å². The van der Waals surface area contributed by atoms with Gasteiger partial charge in [0, 0.05) is 38.6 Å². The van der Waals surface area contributed by atoms with Crippen molar-refractivity contribution in [2.75, 3.05) is 20.2 Å². The number of aliphatic hydroxyl groups is 2. The molecule has 2 heterocycles. The Morgan fingerprint density at radius 1 is 0.754 bits per heavy atom. The van der Waals surface area contributed by atoms with Crippen molar-refractivity contribution in [2.45, 2.75) is 25.3 Å². The lowest BCUT2D eigenvalue weighted by Crippen LogP contribution is -2.47. The molecular formula is C37H36BBrCl2F2N12O10. The van der Waals surface area contributed by atoms with Gasteiger partial charge in [-0.05, 0) is 75.6 Å². The highest BCUT2D eigenvalue weighted by atomic mass is 79.9. The van der Waals surface area contributed by atoms with E-state index in [-0.39, 0.29) is 41.8 Å². The van der Waals surface area contributed by atoms with Crippen molar-refractivity contribution >= 4 is 75.5 Å². The number of amides is 2. The third-order valence-electron chi connectivity index (χ3n) is 8.25. The zero-order valence-corrected chi connectivity index (χ0v) is 36.5. The lowest BCUT2D eigenvalue weighted by atomic mass is 9.80. The Hall–Kier alpha value is -6.36. The maximum atomic E-state index is 14.0. The summed E-state index contributed by atoms with van der Waals surface area (Å²) in [6, 6.07) is 21.8. The Kier molecular flexibility index (Phi) is 19.9. The Morgan fingerprint density at radius 3 is 1.68 bits per heavy atom. The van der Waals surface area contributed by atoms with Gasteiger partial charge in [0.15, 0.2) is 12.2 Å². The molecule has 0 unspecified atom stereocenters. The molecular weight excluding hydrogens is 972 g/mol. The summed E-state index contributed by atoms with van der Waals surface area (Å²) in [6.45, 7) is -0.285. The molecule has 0 bridgehead atoms. The number of carbonyl (C=O) groups is 4. The van der Waals surface area contributed by atoms with Crippen molar-refractivity contribution in [1.29, 1.82) is 0 Å². The van der Waals surface area contributed by atoms with Gasteiger partial charge in [-0.25, -0.2) is 28.4 Å². The molecule has 0 radical (unpaired) electrons. The number of aromatic nitrogens is 8. The average Bonchev–Trinajstić information content (AvgIpc) is 4.03. The monoisotopic (exact) mass is 1010 g/mol. The van der Waals surface area contributed by atoms with E-state index in [2.05, 4.69) is 72.8 Å². The van der Waals surface area contributed by atoms with Gasteiger partial charge in [0.05, 0.1) is 20.2 Å². The summed E-state index contributed by atoms with van der Waals surface area (Å²) in [5, 5.41) is 74.0. The van der Waals surface area contributed by atoms with Gasteiger partial charge in [-0.1, -0.05) is 75.5 Å². The van der Waals surface area contributed by atoms with Crippen LogP contribution in [-0.2, 0) is 27.4 Å². The van der Waals surface area contributed by atoms with E-state index in [9.17, 15) is 38.2 Å². The van der Waals surface area contributed by atoms with Crippen LogP contribution in [0, 0.1) is 11.6 Å². The number of hydrogen-bond donors (Lipinski definition) is 9. The van der Waals surface area contributed by atoms with Crippen molar-refractivity contribution in [3.63, 3.8) is 0 Å². The van der Waals surface area contributed by atoms with Crippen LogP contribution in [0.15, 0.2) is 89.4 Å². The van der Waals surface area contributed by atoms with E-state index in [1.165, 1.54) is 47.5 Å². The number of methoxy groups -OCH3 is 1. The molecule has 6 rings (SSSR count). The quantitative estimate of drug-likeness (QED) is 0.0372. The molecule has 0 saturated heterocycles. The van der Waals surface area contributed by atoms with Crippen molar-refractivity contribution in [3.05, 3.63) is 134 Å². The Labute approximate surface area is 384 Å². The summed E-state index contributed by atoms with van der Waals surface area (Å²) in [6.07, 6.45) is -3.16. The second-order valence-electron chi connectivity index (χ2n) is 13.0. The molecule has 0 fully saturated rings. The number of carboxylic acids is 1. The smallest absolute Gasteiger partial charge is 0.479 e. The molecule has 0 saturated carbocycles. The van der Waals surface area contributed by atoms with Gasteiger partial charge >= 0.3 is 30.9 Å². The average molecular weight is 1010 g/mol. The Balaban J connectivity index is 0.000000235. The summed E-state index contributed by atoms with van der Waals surface area (Å²) in [5.41, 5.74) is 7.17. The number of carboxylic acid groups (broad SMARTS) is 1. The number of ether oxygens (including phenoxy) is 1. The predicted octanol–water partition coefficient (Wildman–Crippen LogP) is 1.05. The number of hydrazine groups is 2. The minimum Gasteiger partial charge on any atom is -0.479 e. The van der Waals surface area contributed by atoms with Crippen LogP contribution in [0.25, 0.3) is 11.1 Å². The fourth-order valence-electron chi connectivity index (χ4n) is 5.16. The van der Waals surface area contributed by atoms with E-state index in [0.717, 1.165) is 16.1 Å². The maximum Gasteiger partial charge on any atom is 0.491 e. The second kappa shape index (κ2) is 25.2. The third kappa shape index (κ3) is 16.6. The van der Waals surface area contributed by atoms with E-state index < -0.39 is 61.3 Å². The molecule has 65 heavy (non-hydrogen) atoms. The van der Waals surface area contributed by atoms with Crippen molar-refractivity contribution in [2.24, 2.45) is 0 Å². The third-order valence-corrected chi connectivity index (χ3v) is 9.25. The molecule has 0 spiro atoms. The number of esters is 1. The van der Waals surface area contributed by atoms with Crippen LogP contribution in [0.2, 0.25) is 10.0 Å². The van der Waals surface area contributed by atoms with E-state index in [1.807, 2.05) is 24.3 Å². The molecule has 6 aromatic rings. The van der Waals surface area contributed by atoms with Gasteiger partial charge in [0.25, 0.3) is 11.6 Å². The topological polar surface area (TPSA) is 318 Å². The minimum atomic E-state index is -1.81.